The molecular weight excluding hydrogens is 88.1 g/mol. The van der Waals surface area contributed by atoms with Gasteiger partial charge in [0.25, 0.3) is 0 Å². The Hall–Kier alpha value is -0.0800. The van der Waals surface area contributed by atoms with E-state index in [1.807, 2.05) is 0 Å². The number of rotatable bonds is 1. The normalized spacial score (nSPS) is 23.6. The Morgan fingerprint density at radius 1 is 1.43 bits per heavy atom. The van der Waals surface area contributed by atoms with Crippen molar-refractivity contribution in [1.82, 2.24) is 10.6 Å². The summed E-state index contributed by atoms with van der Waals surface area (Å²) in [6.45, 7) is 5.94. The molecular formula is C5H11N2. The highest BCUT2D eigenvalue weighted by Crippen LogP contribution is 1.87. The van der Waals surface area contributed by atoms with Gasteiger partial charge in [0, 0.05) is 13.1 Å². The Kier molecular flexibility index (Phi) is 1.65. The van der Waals surface area contributed by atoms with Crippen molar-refractivity contribution in [2.75, 3.05) is 13.1 Å². The van der Waals surface area contributed by atoms with Gasteiger partial charge in [-0.1, -0.05) is 6.92 Å². The maximum absolute atomic E-state index is 3.74. The maximum Gasteiger partial charge on any atom is 0.0572 e. The third kappa shape index (κ3) is 1.14. The van der Waals surface area contributed by atoms with E-state index in [2.05, 4.69) is 17.6 Å². The summed E-state index contributed by atoms with van der Waals surface area (Å²) in [6.07, 6.45) is 1.43. The molecule has 7 heavy (non-hydrogen) atoms. The van der Waals surface area contributed by atoms with Crippen molar-refractivity contribution in [2.24, 2.45) is 0 Å². The highest BCUT2D eigenvalue weighted by molar-refractivity contribution is 4.72. The first-order chi connectivity index (χ1) is 3.43. The van der Waals surface area contributed by atoms with Crippen LogP contribution in [0.2, 0.25) is 0 Å². The smallest absolute Gasteiger partial charge is 0.0572 e. The van der Waals surface area contributed by atoms with Gasteiger partial charge >= 0.3 is 0 Å². The fourth-order valence-corrected chi connectivity index (χ4v) is 0.769. The summed E-state index contributed by atoms with van der Waals surface area (Å²) in [5.41, 5.74) is 0. The minimum absolute atomic E-state index is 0.486. The van der Waals surface area contributed by atoms with Gasteiger partial charge < -0.3 is 10.6 Å². The van der Waals surface area contributed by atoms with Gasteiger partial charge in [0.05, 0.1) is 6.17 Å². The quantitative estimate of drug-likeness (QED) is 0.473. The van der Waals surface area contributed by atoms with Gasteiger partial charge in [-0.25, -0.2) is 0 Å². The summed E-state index contributed by atoms with van der Waals surface area (Å²) in [6, 6.07) is 0. The third-order valence-electron chi connectivity index (χ3n) is 1.20. The van der Waals surface area contributed by atoms with Crippen molar-refractivity contribution in [3.05, 3.63) is 6.92 Å². The molecule has 0 spiro atoms. The van der Waals surface area contributed by atoms with Gasteiger partial charge in [-0.2, -0.15) is 0 Å². The largest absolute Gasteiger partial charge is 0.301 e. The summed E-state index contributed by atoms with van der Waals surface area (Å²) in [5.74, 6) is 0. The van der Waals surface area contributed by atoms with Crippen LogP contribution in [-0.2, 0) is 0 Å². The maximum atomic E-state index is 3.74. The van der Waals surface area contributed by atoms with Crippen LogP contribution in [0.15, 0.2) is 0 Å². The zero-order valence-corrected chi connectivity index (χ0v) is 4.41. The standard InChI is InChI=1S/C5H11N2/c1-2-5-6-3-4-7-5/h5-7H,1-4H2. The summed E-state index contributed by atoms with van der Waals surface area (Å²) in [7, 11) is 0. The molecule has 0 aliphatic carbocycles. The van der Waals surface area contributed by atoms with Crippen LogP contribution in [0.1, 0.15) is 6.42 Å². The predicted octanol–water partition coefficient (Wildman–Crippen LogP) is -0.271. The van der Waals surface area contributed by atoms with Crippen LogP contribution in [0.3, 0.4) is 0 Å². The summed E-state index contributed by atoms with van der Waals surface area (Å²) in [5, 5.41) is 6.47. The fourth-order valence-electron chi connectivity index (χ4n) is 0.769. The topological polar surface area (TPSA) is 24.1 Å². The Balaban J connectivity index is 2.14. The van der Waals surface area contributed by atoms with Crippen LogP contribution in [0.4, 0.5) is 0 Å². The van der Waals surface area contributed by atoms with E-state index in [0.29, 0.717) is 6.17 Å². The second kappa shape index (κ2) is 2.28. The Morgan fingerprint density at radius 3 is 2.29 bits per heavy atom. The molecule has 0 bridgehead atoms. The molecule has 0 saturated carbocycles. The molecule has 0 aromatic carbocycles. The lowest BCUT2D eigenvalue weighted by atomic mass is 10.4. The van der Waals surface area contributed by atoms with E-state index in [9.17, 15) is 0 Å². The number of hydrogen-bond acceptors (Lipinski definition) is 2. The number of nitrogens with one attached hydrogen (secondary N) is 2. The van der Waals surface area contributed by atoms with E-state index in [4.69, 9.17) is 0 Å². The van der Waals surface area contributed by atoms with Crippen molar-refractivity contribution >= 4 is 0 Å². The Morgan fingerprint density at radius 2 is 2.00 bits per heavy atom. The molecule has 1 saturated heterocycles. The molecule has 1 rings (SSSR count). The summed E-state index contributed by atoms with van der Waals surface area (Å²) < 4.78 is 0. The molecule has 41 valence electrons. The lowest BCUT2D eigenvalue weighted by Crippen LogP contribution is -2.29. The SMILES string of the molecule is [CH2]CC1NCCN1. The molecule has 2 heteroatoms. The van der Waals surface area contributed by atoms with Crippen molar-refractivity contribution in [3.8, 4) is 0 Å². The Labute approximate surface area is 44.3 Å². The van der Waals surface area contributed by atoms with Crippen LogP contribution >= 0.6 is 0 Å². The summed E-state index contributed by atoms with van der Waals surface area (Å²) in [4.78, 5) is 0. The molecule has 0 aromatic heterocycles. The van der Waals surface area contributed by atoms with Crippen molar-refractivity contribution < 1.29 is 0 Å². The van der Waals surface area contributed by atoms with E-state index in [1.54, 1.807) is 0 Å². The molecule has 1 aliphatic heterocycles. The average Bonchev–Trinajstić information content (AvgIpc) is 2.14. The highest BCUT2D eigenvalue weighted by Gasteiger charge is 2.07. The van der Waals surface area contributed by atoms with Crippen LogP contribution in [0.25, 0.3) is 0 Å². The zero-order valence-electron chi connectivity index (χ0n) is 4.41. The van der Waals surface area contributed by atoms with Crippen molar-refractivity contribution in [3.63, 3.8) is 0 Å². The molecule has 2 N–H and O–H groups in total. The van der Waals surface area contributed by atoms with Gasteiger partial charge in [-0.15, -0.1) is 0 Å². The molecule has 2 nitrogen and oxygen atoms in total. The van der Waals surface area contributed by atoms with E-state index in [0.717, 1.165) is 19.5 Å². The van der Waals surface area contributed by atoms with E-state index in [-0.39, 0.29) is 0 Å². The first kappa shape index (κ1) is 5.06. The minimum Gasteiger partial charge on any atom is -0.301 e. The van der Waals surface area contributed by atoms with Gasteiger partial charge in [0.15, 0.2) is 0 Å². The first-order valence-corrected chi connectivity index (χ1v) is 2.69. The average molecular weight is 99.2 g/mol. The van der Waals surface area contributed by atoms with E-state index in [1.165, 1.54) is 0 Å². The number of hydrogen-bond donors (Lipinski definition) is 2. The van der Waals surface area contributed by atoms with E-state index < -0.39 is 0 Å². The van der Waals surface area contributed by atoms with Crippen LogP contribution in [0.5, 0.6) is 0 Å². The predicted molar refractivity (Wildman–Crippen MR) is 29.8 cm³/mol. The second-order valence-corrected chi connectivity index (χ2v) is 1.75. The molecule has 1 heterocycles. The van der Waals surface area contributed by atoms with Gasteiger partial charge in [-0.3, -0.25) is 0 Å². The lowest BCUT2D eigenvalue weighted by Gasteiger charge is -2.03. The van der Waals surface area contributed by atoms with Crippen LogP contribution < -0.4 is 10.6 Å². The van der Waals surface area contributed by atoms with E-state index >= 15 is 0 Å². The molecule has 0 atom stereocenters. The van der Waals surface area contributed by atoms with Crippen LogP contribution in [0, 0.1) is 6.92 Å². The lowest BCUT2D eigenvalue weighted by molar-refractivity contribution is 0.559. The molecule has 1 aliphatic rings. The molecule has 1 radical (unpaired) electrons. The fraction of sp³-hybridized carbons (Fsp3) is 0.800. The molecule has 0 amide bonds. The van der Waals surface area contributed by atoms with Crippen molar-refractivity contribution in [1.29, 1.82) is 0 Å². The molecule has 1 fully saturated rings. The zero-order chi connectivity index (χ0) is 5.11. The minimum atomic E-state index is 0.486. The van der Waals surface area contributed by atoms with Gasteiger partial charge in [0.2, 0.25) is 0 Å². The highest BCUT2D eigenvalue weighted by atomic mass is 15.2. The van der Waals surface area contributed by atoms with Crippen LogP contribution in [-0.4, -0.2) is 19.3 Å². The van der Waals surface area contributed by atoms with Gasteiger partial charge in [0.1, 0.15) is 0 Å². The third-order valence-corrected chi connectivity index (χ3v) is 1.20. The molecule has 0 unspecified atom stereocenters. The van der Waals surface area contributed by atoms with Gasteiger partial charge in [-0.05, 0) is 6.42 Å². The second-order valence-electron chi connectivity index (χ2n) is 1.75. The Bertz CT molecular complexity index is 48.0. The first-order valence-electron chi connectivity index (χ1n) is 2.69. The molecule has 0 aromatic rings. The van der Waals surface area contributed by atoms with Crippen molar-refractivity contribution in [2.45, 2.75) is 12.6 Å². The summed E-state index contributed by atoms with van der Waals surface area (Å²) >= 11 is 0. The monoisotopic (exact) mass is 99.1 g/mol.